The first kappa shape index (κ1) is 18.6. The van der Waals surface area contributed by atoms with Crippen LogP contribution in [-0.2, 0) is 19.5 Å². The molecule has 126 valence electrons. The summed E-state index contributed by atoms with van der Waals surface area (Å²) >= 11 is 0. The molecule has 0 saturated heterocycles. The van der Waals surface area contributed by atoms with Gasteiger partial charge in [0.2, 0.25) is 0 Å². The molecule has 0 fully saturated rings. The maximum Gasteiger partial charge on any atom is 2.00 e. The zero-order valence-electron chi connectivity index (χ0n) is 14.2. The Balaban J connectivity index is 0.00000210. The molecule has 0 aliphatic carbocycles. The van der Waals surface area contributed by atoms with E-state index in [2.05, 4.69) is 20.0 Å². The minimum Gasteiger partial charge on any atom is -0.656 e. The van der Waals surface area contributed by atoms with E-state index < -0.39 is 5.97 Å². The van der Waals surface area contributed by atoms with Crippen molar-refractivity contribution in [3.63, 3.8) is 0 Å². The monoisotopic (exact) mass is 404 g/mol. The first-order valence-corrected chi connectivity index (χ1v) is 7.90. The van der Waals surface area contributed by atoms with E-state index >= 15 is 0 Å². The molecule has 1 aromatic rings. The third-order valence-corrected chi connectivity index (χ3v) is 3.70. The summed E-state index contributed by atoms with van der Waals surface area (Å²) < 4.78 is 0. The van der Waals surface area contributed by atoms with Gasteiger partial charge < -0.3 is 14.9 Å². The second kappa shape index (κ2) is 8.02. The Hall–Kier alpha value is -3.18. The second-order valence-electron chi connectivity index (χ2n) is 5.63. The molecule has 0 amide bonds. The number of carboxylic acids is 1. The average molecular weight is 406 g/mol. The fourth-order valence-corrected chi connectivity index (χ4v) is 2.54. The van der Waals surface area contributed by atoms with Crippen LogP contribution in [0.1, 0.15) is 16.2 Å². The summed E-state index contributed by atoms with van der Waals surface area (Å²) in [4.78, 5) is 27.9. The van der Waals surface area contributed by atoms with Gasteiger partial charge in [-0.3, -0.25) is 4.99 Å². The summed E-state index contributed by atoms with van der Waals surface area (Å²) in [6.07, 6.45) is 18.6. The van der Waals surface area contributed by atoms with Crippen LogP contribution in [0.4, 0.5) is 0 Å². The maximum absolute atomic E-state index is 10.8. The Kier molecular flexibility index (Phi) is 5.53. The van der Waals surface area contributed by atoms with Crippen LogP contribution < -0.4 is 10.1 Å². The molecule has 0 bridgehead atoms. The van der Waals surface area contributed by atoms with Gasteiger partial charge in [0.25, 0.3) is 0 Å². The fraction of sp³-hybridized carbons (Fsp3) is 0. The van der Waals surface area contributed by atoms with Crippen molar-refractivity contribution in [3.8, 4) is 0 Å². The SMILES string of the molecule is O=C([O-])c1ccc(C=C2C=CC(C=C3C=CC(C=C4C=CC=N4)=N3)=N2)[n-]1.[Zn+2]. The summed E-state index contributed by atoms with van der Waals surface area (Å²) in [6.45, 7) is 0. The summed E-state index contributed by atoms with van der Waals surface area (Å²) in [7, 11) is 0. The molecule has 7 heteroatoms. The number of carboxylic acid groups (broad SMARTS) is 1. The predicted octanol–water partition coefficient (Wildman–Crippen LogP) is 1.78. The van der Waals surface area contributed by atoms with Crippen molar-refractivity contribution in [2.24, 2.45) is 15.0 Å². The Morgan fingerprint density at radius 2 is 1.56 bits per heavy atom. The van der Waals surface area contributed by atoms with Gasteiger partial charge in [0.15, 0.2) is 0 Å². The number of allylic oxidation sites excluding steroid dienone is 8. The maximum atomic E-state index is 10.8. The molecule has 4 heterocycles. The number of aliphatic imine (C=N–C) groups is 3. The summed E-state index contributed by atoms with van der Waals surface area (Å²) in [6, 6.07) is 3.02. The topological polar surface area (TPSA) is 91.3 Å². The van der Waals surface area contributed by atoms with Crippen molar-refractivity contribution in [2.75, 3.05) is 0 Å². The number of nitrogens with zero attached hydrogens (tertiary/aromatic N) is 4. The first-order chi connectivity index (χ1) is 12.7. The standard InChI is InChI=1S/C20H14N4O2.Zn/c25-20(26)19-8-7-18(24-19)12-17-6-5-16(23-17)11-15-4-3-14(22-15)10-13-2-1-9-21-13;/h1-12H,(H2,21,22,23,24,25,26);/q;+2/p-2. The molecule has 0 aromatic carbocycles. The van der Waals surface area contributed by atoms with Crippen molar-refractivity contribution < 1.29 is 29.4 Å². The van der Waals surface area contributed by atoms with Crippen molar-refractivity contribution in [1.29, 1.82) is 0 Å². The van der Waals surface area contributed by atoms with E-state index in [1.54, 1.807) is 18.4 Å². The van der Waals surface area contributed by atoms with E-state index in [0.29, 0.717) is 11.4 Å². The number of carbonyl (C=O) groups excluding carboxylic acids is 1. The number of carbonyl (C=O) groups is 1. The molecule has 27 heavy (non-hydrogen) atoms. The molecule has 0 saturated carbocycles. The van der Waals surface area contributed by atoms with Crippen LogP contribution in [0.3, 0.4) is 0 Å². The molecule has 1 aromatic heterocycles. The molecule has 6 nitrogen and oxygen atoms in total. The van der Waals surface area contributed by atoms with Gasteiger partial charge in [-0.15, -0.1) is 11.4 Å². The largest absolute Gasteiger partial charge is 2.00 e. The van der Waals surface area contributed by atoms with Gasteiger partial charge in [-0.25, -0.2) is 9.98 Å². The predicted molar refractivity (Wildman–Crippen MR) is 99.0 cm³/mol. The third kappa shape index (κ3) is 4.51. The zero-order valence-corrected chi connectivity index (χ0v) is 17.2. The van der Waals surface area contributed by atoms with E-state index in [0.717, 1.165) is 22.8 Å². The number of aromatic carboxylic acids is 1. The van der Waals surface area contributed by atoms with Crippen molar-refractivity contribution >= 4 is 29.7 Å². The minimum atomic E-state index is -1.29. The number of aromatic nitrogens is 1. The fourth-order valence-electron chi connectivity index (χ4n) is 2.54. The third-order valence-electron chi connectivity index (χ3n) is 3.70. The Bertz CT molecular complexity index is 1050. The molecule has 0 radical (unpaired) electrons. The average Bonchev–Trinajstić information content (AvgIpc) is 3.38. The Labute approximate surface area is 168 Å². The van der Waals surface area contributed by atoms with Gasteiger partial charge >= 0.3 is 19.5 Å². The molecule has 3 aliphatic rings. The normalized spacial score (nSPS) is 21.4. The number of rotatable bonds is 4. The smallest absolute Gasteiger partial charge is 0.656 e. The van der Waals surface area contributed by atoms with Gasteiger partial charge in [-0.1, -0.05) is 18.2 Å². The van der Waals surface area contributed by atoms with Gasteiger partial charge in [0.1, 0.15) is 0 Å². The van der Waals surface area contributed by atoms with Crippen LogP contribution >= 0.6 is 0 Å². The van der Waals surface area contributed by atoms with Gasteiger partial charge in [-0.05, 0) is 48.6 Å². The molecule has 3 aliphatic heterocycles. The molecule has 4 rings (SSSR count). The van der Waals surface area contributed by atoms with E-state index in [4.69, 9.17) is 0 Å². The van der Waals surface area contributed by atoms with E-state index in [9.17, 15) is 9.90 Å². The van der Waals surface area contributed by atoms with Crippen LogP contribution in [0.25, 0.3) is 6.08 Å². The van der Waals surface area contributed by atoms with E-state index in [1.165, 1.54) is 6.07 Å². The van der Waals surface area contributed by atoms with E-state index in [-0.39, 0.29) is 25.2 Å². The van der Waals surface area contributed by atoms with Crippen molar-refractivity contribution in [1.82, 2.24) is 4.98 Å². The Morgan fingerprint density at radius 3 is 2.15 bits per heavy atom. The second-order valence-corrected chi connectivity index (χ2v) is 5.63. The molecular formula is C20H12N4O2Zn. The van der Waals surface area contributed by atoms with Crippen LogP contribution in [0, 0.1) is 0 Å². The minimum absolute atomic E-state index is 0. The summed E-state index contributed by atoms with van der Waals surface area (Å²) in [5.74, 6) is -1.29. The van der Waals surface area contributed by atoms with Crippen molar-refractivity contribution in [2.45, 2.75) is 0 Å². The van der Waals surface area contributed by atoms with E-state index in [1.807, 2.05) is 48.6 Å². The van der Waals surface area contributed by atoms with Crippen LogP contribution in [0.15, 0.2) is 92.8 Å². The summed E-state index contributed by atoms with van der Waals surface area (Å²) in [5, 5.41) is 10.8. The quantitative estimate of drug-likeness (QED) is 0.715. The molecule has 0 atom stereocenters. The zero-order chi connectivity index (χ0) is 17.9. The number of hydrogen-bond donors (Lipinski definition) is 0. The van der Waals surface area contributed by atoms with Crippen LogP contribution in [-0.4, -0.2) is 23.6 Å². The van der Waals surface area contributed by atoms with Gasteiger partial charge in [0.05, 0.1) is 28.5 Å². The molecule has 0 unspecified atom stereocenters. The van der Waals surface area contributed by atoms with Gasteiger partial charge in [0, 0.05) is 12.2 Å². The summed E-state index contributed by atoms with van der Waals surface area (Å²) in [5.41, 5.74) is 4.41. The van der Waals surface area contributed by atoms with Crippen molar-refractivity contribution in [3.05, 3.63) is 89.2 Å². The molecule has 0 N–H and O–H groups in total. The molecular weight excluding hydrogens is 394 g/mol. The number of hydrogen-bond acceptors (Lipinski definition) is 5. The van der Waals surface area contributed by atoms with Crippen LogP contribution in [0.5, 0.6) is 0 Å². The van der Waals surface area contributed by atoms with Gasteiger partial charge in [-0.2, -0.15) is 0 Å². The van der Waals surface area contributed by atoms with Crippen LogP contribution in [0.2, 0.25) is 0 Å². The molecule has 0 spiro atoms. The Morgan fingerprint density at radius 1 is 0.889 bits per heavy atom. The first-order valence-electron chi connectivity index (χ1n) is 7.90.